The number of para-hydroxylation sites is 1. The molecule has 1 N–H and O–H groups in total. The lowest BCUT2D eigenvalue weighted by atomic mass is 10.0. The molecule has 0 amide bonds. The summed E-state index contributed by atoms with van der Waals surface area (Å²) in [6.07, 6.45) is 1.02. The first-order valence-electron chi connectivity index (χ1n) is 7.38. The van der Waals surface area contributed by atoms with Crippen LogP contribution in [0.15, 0.2) is 48.5 Å². The second kappa shape index (κ2) is 7.79. The normalized spacial score (nSPS) is 12.1. The molecule has 1 unspecified atom stereocenters. The standard InChI is InChI=1S/C18H22FNO/c1-3-11-20-18(13-21-16-7-5-4-6-8-16)17-12-15(19)10-9-14(17)2/h4-10,12,18,20H,3,11,13H2,1-2H3. The van der Waals surface area contributed by atoms with Crippen molar-refractivity contribution in [2.45, 2.75) is 26.3 Å². The van der Waals surface area contributed by atoms with Gasteiger partial charge in [0.25, 0.3) is 0 Å². The molecular formula is C18H22FNO. The van der Waals surface area contributed by atoms with Crippen LogP contribution in [0.5, 0.6) is 5.75 Å². The van der Waals surface area contributed by atoms with Gasteiger partial charge in [-0.2, -0.15) is 0 Å². The molecule has 0 spiro atoms. The fourth-order valence-corrected chi connectivity index (χ4v) is 2.26. The van der Waals surface area contributed by atoms with Crippen LogP contribution in [0.3, 0.4) is 0 Å². The molecule has 1 atom stereocenters. The SMILES string of the molecule is CCCNC(COc1ccccc1)c1cc(F)ccc1C. The van der Waals surface area contributed by atoms with Crippen molar-refractivity contribution in [1.82, 2.24) is 5.32 Å². The third kappa shape index (κ3) is 4.57. The van der Waals surface area contributed by atoms with E-state index in [4.69, 9.17) is 4.74 Å². The number of ether oxygens (including phenoxy) is 1. The third-order valence-electron chi connectivity index (χ3n) is 3.42. The minimum absolute atomic E-state index is 0.0131. The van der Waals surface area contributed by atoms with E-state index in [2.05, 4.69) is 12.2 Å². The van der Waals surface area contributed by atoms with Crippen LogP contribution < -0.4 is 10.1 Å². The van der Waals surface area contributed by atoms with Crippen LogP contribution in [0.25, 0.3) is 0 Å². The average molecular weight is 287 g/mol. The molecular weight excluding hydrogens is 265 g/mol. The van der Waals surface area contributed by atoms with Gasteiger partial charge >= 0.3 is 0 Å². The topological polar surface area (TPSA) is 21.3 Å². The Morgan fingerprint density at radius 2 is 1.90 bits per heavy atom. The van der Waals surface area contributed by atoms with Crippen LogP contribution in [0, 0.1) is 12.7 Å². The minimum Gasteiger partial charge on any atom is -0.492 e. The highest BCUT2D eigenvalue weighted by molar-refractivity contribution is 5.30. The average Bonchev–Trinajstić information content (AvgIpc) is 2.51. The lowest BCUT2D eigenvalue weighted by Gasteiger charge is -2.21. The number of hydrogen-bond donors (Lipinski definition) is 1. The van der Waals surface area contributed by atoms with Crippen LogP contribution in [-0.4, -0.2) is 13.2 Å². The molecule has 0 saturated carbocycles. The summed E-state index contributed by atoms with van der Waals surface area (Å²) in [5.74, 6) is 0.619. The van der Waals surface area contributed by atoms with Crippen molar-refractivity contribution in [2.24, 2.45) is 0 Å². The van der Waals surface area contributed by atoms with Gasteiger partial charge in [0.05, 0.1) is 6.04 Å². The van der Waals surface area contributed by atoms with E-state index in [1.165, 1.54) is 6.07 Å². The molecule has 2 aromatic rings. The van der Waals surface area contributed by atoms with Gasteiger partial charge in [0, 0.05) is 0 Å². The molecule has 0 aromatic heterocycles. The van der Waals surface area contributed by atoms with Gasteiger partial charge in [-0.15, -0.1) is 0 Å². The Balaban J connectivity index is 2.12. The summed E-state index contributed by atoms with van der Waals surface area (Å²) in [5, 5.41) is 3.43. The minimum atomic E-state index is -0.210. The number of halogens is 1. The van der Waals surface area contributed by atoms with Crippen molar-refractivity contribution in [3.8, 4) is 5.75 Å². The van der Waals surface area contributed by atoms with Crippen LogP contribution in [0.1, 0.15) is 30.5 Å². The molecule has 3 heteroatoms. The zero-order valence-electron chi connectivity index (χ0n) is 12.6. The first kappa shape index (κ1) is 15.5. The van der Waals surface area contributed by atoms with Crippen molar-refractivity contribution in [1.29, 1.82) is 0 Å². The number of aryl methyl sites for hydroxylation is 1. The van der Waals surface area contributed by atoms with Gasteiger partial charge in [-0.25, -0.2) is 4.39 Å². The highest BCUT2D eigenvalue weighted by Crippen LogP contribution is 2.21. The van der Waals surface area contributed by atoms with Crippen molar-refractivity contribution >= 4 is 0 Å². The first-order chi connectivity index (χ1) is 10.2. The van der Waals surface area contributed by atoms with Gasteiger partial charge in [0.15, 0.2) is 0 Å². The van der Waals surface area contributed by atoms with E-state index in [0.29, 0.717) is 6.61 Å². The lowest BCUT2D eigenvalue weighted by Crippen LogP contribution is -2.28. The molecule has 2 rings (SSSR count). The summed E-state index contributed by atoms with van der Waals surface area (Å²) in [6.45, 7) is 5.46. The van der Waals surface area contributed by atoms with Gasteiger partial charge < -0.3 is 10.1 Å². The van der Waals surface area contributed by atoms with Crippen molar-refractivity contribution in [2.75, 3.05) is 13.2 Å². The third-order valence-corrected chi connectivity index (χ3v) is 3.42. The zero-order valence-corrected chi connectivity index (χ0v) is 12.6. The van der Waals surface area contributed by atoms with Gasteiger partial charge in [-0.05, 0) is 55.3 Å². The lowest BCUT2D eigenvalue weighted by molar-refractivity contribution is 0.265. The first-order valence-corrected chi connectivity index (χ1v) is 7.38. The molecule has 112 valence electrons. The number of hydrogen-bond acceptors (Lipinski definition) is 2. The van der Waals surface area contributed by atoms with Crippen molar-refractivity contribution < 1.29 is 9.13 Å². The van der Waals surface area contributed by atoms with Crippen LogP contribution >= 0.6 is 0 Å². The molecule has 0 heterocycles. The molecule has 21 heavy (non-hydrogen) atoms. The monoisotopic (exact) mass is 287 g/mol. The van der Waals surface area contributed by atoms with E-state index in [9.17, 15) is 4.39 Å². The molecule has 0 bridgehead atoms. The largest absolute Gasteiger partial charge is 0.492 e. The Bertz CT molecular complexity index is 556. The summed E-state index contributed by atoms with van der Waals surface area (Å²) in [5.41, 5.74) is 2.03. The summed E-state index contributed by atoms with van der Waals surface area (Å²) in [7, 11) is 0. The van der Waals surface area contributed by atoms with Crippen LogP contribution in [0.4, 0.5) is 4.39 Å². The molecule has 0 aliphatic rings. The zero-order chi connectivity index (χ0) is 15.1. The highest BCUT2D eigenvalue weighted by atomic mass is 19.1. The van der Waals surface area contributed by atoms with Gasteiger partial charge in [-0.1, -0.05) is 31.2 Å². The Hall–Kier alpha value is -1.87. The smallest absolute Gasteiger partial charge is 0.123 e. The number of nitrogens with one attached hydrogen (secondary N) is 1. The Kier molecular flexibility index (Phi) is 5.76. The van der Waals surface area contributed by atoms with E-state index in [0.717, 1.165) is 29.8 Å². The molecule has 2 nitrogen and oxygen atoms in total. The van der Waals surface area contributed by atoms with E-state index >= 15 is 0 Å². The number of rotatable bonds is 7. The molecule has 0 fully saturated rings. The number of benzene rings is 2. The Labute approximate surface area is 126 Å². The van der Waals surface area contributed by atoms with Gasteiger partial charge in [0.1, 0.15) is 18.2 Å². The molecule has 0 aliphatic carbocycles. The maximum atomic E-state index is 13.5. The fourth-order valence-electron chi connectivity index (χ4n) is 2.26. The Morgan fingerprint density at radius 3 is 2.62 bits per heavy atom. The highest BCUT2D eigenvalue weighted by Gasteiger charge is 2.15. The van der Waals surface area contributed by atoms with E-state index in [-0.39, 0.29) is 11.9 Å². The van der Waals surface area contributed by atoms with Crippen LogP contribution in [0.2, 0.25) is 0 Å². The quantitative estimate of drug-likeness (QED) is 0.822. The van der Waals surface area contributed by atoms with Gasteiger partial charge in [0.2, 0.25) is 0 Å². The summed E-state index contributed by atoms with van der Waals surface area (Å²) >= 11 is 0. The predicted molar refractivity (Wildman–Crippen MR) is 84.1 cm³/mol. The second-order valence-corrected chi connectivity index (χ2v) is 5.13. The van der Waals surface area contributed by atoms with E-state index < -0.39 is 0 Å². The molecule has 2 aromatic carbocycles. The van der Waals surface area contributed by atoms with Crippen LogP contribution in [-0.2, 0) is 0 Å². The van der Waals surface area contributed by atoms with Crippen molar-refractivity contribution in [3.63, 3.8) is 0 Å². The molecule has 0 radical (unpaired) electrons. The van der Waals surface area contributed by atoms with E-state index in [1.54, 1.807) is 6.07 Å². The maximum absolute atomic E-state index is 13.5. The van der Waals surface area contributed by atoms with E-state index in [1.807, 2.05) is 43.3 Å². The predicted octanol–water partition coefficient (Wildman–Crippen LogP) is 4.25. The summed E-state index contributed by atoms with van der Waals surface area (Å²) in [6, 6.07) is 14.6. The molecule has 0 saturated heterocycles. The van der Waals surface area contributed by atoms with Crippen molar-refractivity contribution in [3.05, 3.63) is 65.5 Å². The fraction of sp³-hybridized carbons (Fsp3) is 0.333. The second-order valence-electron chi connectivity index (χ2n) is 5.13. The summed E-state index contributed by atoms with van der Waals surface area (Å²) < 4.78 is 19.4. The van der Waals surface area contributed by atoms with Gasteiger partial charge in [-0.3, -0.25) is 0 Å². The molecule has 0 aliphatic heterocycles. The Morgan fingerprint density at radius 1 is 1.14 bits per heavy atom. The summed E-state index contributed by atoms with van der Waals surface area (Å²) in [4.78, 5) is 0. The maximum Gasteiger partial charge on any atom is 0.123 e.